The molecule has 0 bridgehead atoms. The molecule has 0 unspecified atom stereocenters. The van der Waals surface area contributed by atoms with Crippen LogP contribution in [0.2, 0.25) is 0 Å². The van der Waals surface area contributed by atoms with Crippen LogP contribution in [0.1, 0.15) is 19.4 Å². The number of benzene rings is 1. The van der Waals surface area contributed by atoms with Gasteiger partial charge in [-0.2, -0.15) is 4.72 Å². The monoisotopic (exact) mass is 289 g/mol. The highest BCUT2D eigenvalue weighted by Crippen LogP contribution is 2.15. The molecular formula is C12H16FNO4S. The van der Waals surface area contributed by atoms with Gasteiger partial charge < -0.3 is 5.11 Å². The third kappa shape index (κ3) is 3.74. The van der Waals surface area contributed by atoms with Gasteiger partial charge in [0, 0.05) is 0 Å². The van der Waals surface area contributed by atoms with E-state index in [0.29, 0.717) is 5.56 Å². The van der Waals surface area contributed by atoms with E-state index < -0.39 is 33.8 Å². The molecule has 0 aliphatic rings. The number of aryl methyl sites for hydroxylation is 1. The number of aliphatic carboxylic acids is 1. The largest absolute Gasteiger partial charge is 0.480 e. The zero-order valence-electron chi connectivity index (χ0n) is 10.8. The molecule has 0 fully saturated rings. The van der Waals surface area contributed by atoms with Crippen LogP contribution in [-0.4, -0.2) is 25.5 Å². The van der Waals surface area contributed by atoms with E-state index >= 15 is 0 Å². The molecule has 7 heteroatoms. The number of hydrogen-bond acceptors (Lipinski definition) is 3. The van der Waals surface area contributed by atoms with Crippen molar-refractivity contribution in [3.05, 3.63) is 29.6 Å². The Hall–Kier alpha value is -1.47. The number of sulfonamides is 1. The summed E-state index contributed by atoms with van der Waals surface area (Å²) in [6, 6.07) is 2.18. The van der Waals surface area contributed by atoms with Gasteiger partial charge in [0.25, 0.3) is 0 Å². The van der Waals surface area contributed by atoms with E-state index in [-0.39, 0.29) is 4.90 Å². The molecule has 0 saturated carbocycles. The Bertz CT molecular complexity index is 583. The van der Waals surface area contributed by atoms with E-state index in [1.54, 1.807) is 13.8 Å². The summed E-state index contributed by atoms with van der Waals surface area (Å²) in [5, 5.41) is 8.95. The highest BCUT2D eigenvalue weighted by atomic mass is 32.2. The normalized spacial score (nSPS) is 13.5. The average Bonchev–Trinajstić information content (AvgIpc) is 2.28. The molecule has 0 aliphatic carbocycles. The molecule has 0 spiro atoms. The van der Waals surface area contributed by atoms with Crippen LogP contribution in [0.15, 0.2) is 23.1 Å². The van der Waals surface area contributed by atoms with Crippen LogP contribution in [0.4, 0.5) is 4.39 Å². The van der Waals surface area contributed by atoms with Crippen LogP contribution < -0.4 is 4.72 Å². The second-order valence-electron chi connectivity index (χ2n) is 4.59. The molecule has 1 rings (SSSR count). The first-order chi connectivity index (χ1) is 8.65. The zero-order chi connectivity index (χ0) is 14.8. The maximum absolute atomic E-state index is 13.4. The van der Waals surface area contributed by atoms with Crippen molar-refractivity contribution in [3.63, 3.8) is 0 Å². The lowest BCUT2D eigenvalue weighted by Crippen LogP contribution is -2.44. The van der Waals surface area contributed by atoms with Crippen molar-refractivity contribution in [1.82, 2.24) is 4.72 Å². The van der Waals surface area contributed by atoms with Gasteiger partial charge in [0.2, 0.25) is 10.0 Å². The van der Waals surface area contributed by atoms with Gasteiger partial charge in [0.15, 0.2) is 0 Å². The maximum atomic E-state index is 13.4. The highest BCUT2D eigenvalue weighted by Gasteiger charge is 2.28. The van der Waals surface area contributed by atoms with Crippen LogP contribution in [0.25, 0.3) is 0 Å². The Balaban J connectivity index is 3.10. The van der Waals surface area contributed by atoms with E-state index in [1.807, 2.05) is 0 Å². The lowest BCUT2D eigenvalue weighted by Gasteiger charge is -2.18. The molecule has 0 aromatic heterocycles. The quantitative estimate of drug-likeness (QED) is 0.861. The minimum Gasteiger partial charge on any atom is -0.480 e. The standard InChI is InChI=1S/C12H16FNO4S/c1-7(2)11(12(15)16)14-19(17,18)9-5-4-8(3)10(13)6-9/h4-7,11,14H,1-3H3,(H,15,16)/t11-/m0/s1. The summed E-state index contributed by atoms with van der Waals surface area (Å²) in [5.74, 6) is -2.35. The van der Waals surface area contributed by atoms with Crippen molar-refractivity contribution in [2.24, 2.45) is 5.92 Å². The molecule has 2 N–H and O–H groups in total. The summed E-state index contributed by atoms with van der Waals surface area (Å²) in [4.78, 5) is 10.7. The molecular weight excluding hydrogens is 273 g/mol. The zero-order valence-corrected chi connectivity index (χ0v) is 11.7. The van der Waals surface area contributed by atoms with Crippen molar-refractivity contribution < 1.29 is 22.7 Å². The first-order valence-corrected chi connectivity index (χ1v) is 7.14. The smallest absolute Gasteiger partial charge is 0.322 e. The van der Waals surface area contributed by atoms with Gasteiger partial charge in [-0.3, -0.25) is 4.79 Å². The first kappa shape index (κ1) is 15.6. The predicted molar refractivity (Wildman–Crippen MR) is 67.7 cm³/mol. The summed E-state index contributed by atoms with van der Waals surface area (Å²) in [6.45, 7) is 4.67. The Morgan fingerprint density at radius 3 is 2.37 bits per heavy atom. The van der Waals surface area contributed by atoms with Crippen LogP contribution in [0, 0.1) is 18.7 Å². The summed E-state index contributed by atoms with van der Waals surface area (Å²) in [6.07, 6.45) is 0. The number of carboxylic acid groups (broad SMARTS) is 1. The molecule has 5 nitrogen and oxygen atoms in total. The van der Waals surface area contributed by atoms with Gasteiger partial charge in [-0.1, -0.05) is 19.9 Å². The van der Waals surface area contributed by atoms with Gasteiger partial charge >= 0.3 is 5.97 Å². The molecule has 1 atom stereocenters. The molecule has 19 heavy (non-hydrogen) atoms. The molecule has 0 radical (unpaired) electrons. The van der Waals surface area contributed by atoms with E-state index in [0.717, 1.165) is 6.07 Å². The molecule has 0 heterocycles. The fourth-order valence-electron chi connectivity index (χ4n) is 1.45. The molecule has 1 aromatic rings. The fourth-order valence-corrected chi connectivity index (χ4v) is 2.80. The van der Waals surface area contributed by atoms with Gasteiger partial charge in [0.1, 0.15) is 11.9 Å². The van der Waals surface area contributed by atoms with Gasteiger partial charge in [-0.05, 0) is 30.5 Å². The summed E-state index contributed by atoms with van der Waals surface area (Å²) >= 11 is 0. The number of carbonyl (C=O) groups is 1. The minimum absolute atomic E-state index is 0.289. The first-order valence-electron chi connectivity index (χ1n) is 5.66. The molecule has 0 amide bonds. The Morgan fingerprint density at radius 2 is 1.95 bits per heavy atom. The number of nitrogens with one attached hydrogen (secondary N) is 1. The Labute approximate surface area is 111 Å². The minimum atomic E-state index is -4.06. The van der Waals surface area contributed by atoms with Crippen LogP contribution >= 0.6 is 0 Å². The van der Waals surface area contributed by atoms with Crippen molar-refractivity contribution in [2.75, 3.05) is 0 Å². The van der Waals surface area contributed by atoms with Crippen LogP contribution in [-0.2, 0) is 14.8 Å². The maximum Gasteiger partial charge on any atom is 0.322 e. The van der Waals surface area contributed by atoms with Gasteiger partial charge in [0.05, 0.1) is 4.90 Å². The van der Waals surface area contributed by atoms with Crippen molar-refractivity contribution in [3.8, 4) is 0 Å². The van der Waals surface area contributed by atoms with Crippen molar-refractivity contribution in [1.29, 1.82) is 0 Å². The summed E-state index contributed by atoms with van der Waals surface area (Å²) < 4.78 is 39.4. The van der Waals surface area contributed by atoms with E-state index in [2.05, 4.69) is 4.72 Å². The lowest BCUT2D eigenvalue weighted by atomic mass is 10.1. The highest BCUT2D eigenvalue weighted by molar-refractivity contribution is 7.89. The molecule has 1 aromatic carbocycles. The SMILES string of the molecule is Cc1ccc(S(=O)(=O)N[C@H](C(=O)O)C(C)C)cc1F. The second kappa shape index (κ2) is 5.66. The van der Waals surface area contributed by atoms with Crippen molar-refractivity contribution >= 4 is 16.0 Å². The average molecular weight is 289 g/mol. The van der Waals surface area contributed by atoms with E-state index in [9.17, 15) is 17.6 Å². The number of carboxylic acids is 1. The van der Waals surface area contributed by atoms with E-state index in [1.165, 1.54) is 19.1 Å². The predicted octanol–water partition coefficient (Wildman–Crippen LogP) is 1.52. The number of rotatable bonds is 5. The van der Waals surface area contributed by atoms with Crippen LogP contribution in [0.5, 0.6) is 0 Å². The third-order valence-electron chi connectivity index (χ3n) is 2.67. The molecule has 0 saturated heterocycles. The fraction of sp³-hybridized carbons (Fsp3) is 0.417. The third-order valence-corrected chi connectivity index (χ3v) is 4.11. The number of halogens is 1. The van der Waals surface area contributed by atoms with Crippen LogP contribution in [0.3, 0.4) is 0 Å². The Morgan fingerprint density at radius 1 is 1.37 bits per heavy atom. The van der Waals surface area contributed by atoms with Gasteiger partial charge in [-0.25, -0.2) is 12.8 Å². The van der Waals surface area contributed by atoms with E-state index in [4.69, 9.17) is 5.11 Å². The summed E-state index contributed by atoms with van der Waals surface area (Å²) in [5.41, 5.74) is 0.317. The second-order valence-corrected chi connectivity index (χ2v) is 6.31. The lowest BCUT2D eigenvalue weighted by molar-refractivity contribution is -0.140. The summed E-state index contributed by atoms with van der Waals surface area (Å²) in [7, 11) is -4.06. The van der Waals surface area contributed by atoms with Crippen molar-refractivity contribution in [2.45, 2.75) is 31.7 Å². The topological polar surface area (TPSA) is 83.5 Å². The number of hydrogen-bond donors (Lipinski definition) is 2. The molecule has 106 valence electrons. The Kier molecular flexibility index (Phi) is 4.65. The van der Waals surface area contributed by atoms with Gasteiger partial charge in [-0.15, -0.1) is 0 Å². The molecule has 0 aliphatic heterocycles.